The second-order valence-electron chi connectivity index (χ2n) is 3.66. The molecule has 0 fully saturated rings. The maximum atomic E-state index is 11.6. The Kier molecular flexibility index (Phi) is 3.39. The van der Waals surface area contributed by atoms with Crippen molar-refractivity contribution in [1.29, 1.82) is 0 Å². The van der Waals surface area contributed by atoms with Crippen molar-refractivity contribution >= 4 is 16.8 Å². The molecule has 0 bridgehead atoms. The zero-order valence-corrected chi connectivity index (χ0v) is 9.59. The van der Waals surface area contributed by atoms with Crippen LogP contribution >= 0.6 is 0 Å². The number of terminal acetylenes is 1. The summed E-state index contributed by atoms with van der Waals surface area (Å²) in [6.07, 6.45) is 6.26. The Bertz CT molecular complexity index is 682. The van der Waals surface area contributed by atoms with Crippen LogP contribution < -0.4 is 10.7 Å². The fourth-order valence-corrected chi connectivity index (χ4v) is 1.63. The van der Waals surface area contributed by atoms with Crippen molar-refractivity contribution in [2.75, 3.05) is 6.54 Å². The van der Waals surface area contributed by atoms with Crippen LogP contribution in [0.1, 0.15) is 0 Å². The van der Waals surface area contributed by atoms with E-state index in [0.717, 1.165) is 0 Å². The highest BCUT2D eigenvalue weighted by atomic mass is 16.2. The Morgan fingerprint density at radius 3 is 3.00 bits per heavy atom. The number of nitrogens with one attached hydrogen (secondary N) is 1. The summed E-state index contributed by atoms with van der Waals surface area (Å²) in [7, 11) is 0. The number of carbonyl (C=O) groups excluding carboxylic acids is 1. The quantitative estimate of drug-likeness (QED) is 0.778. The lowest BCUT2D eigenvalue weighted by Crippen LogP contribution is -2.29. The summed E-state index contributed by atoms with van der Waals surface area (Å²) in [6, 6.07) is 7.01. The third-order valence-corrected chi connectivity index (χ3v) is 2.44. The minimum atomic E-state index is -0.241. The molecule has 0 spiro atoms. The molecule has 0 saturated heterocycles. The number of fused-ring (bicyclic) bond motifs is 1. The molecule has 2 aromatic rings. The van der Waals surface area contributed by atoms with Crippen LogP contribution in [0.25, 0.3) is 10.9 Å². The van der Waals surface area contributed by atoms with Crippen LogP contribution in [0, 0.1) is 12.3 Å². The summed E-state index contributed by atoms with van der Waals surface area (Å²) >= 11 is 0. The number of carbonyl (C=O) groups is 1. The number of rotatable bonds is 3. The first kappa shape index (κ1) is 11.9. The minimum absolute atomic E-state index is 0.0302. The first-order chi connectivity index (χ1) is 8.72. The van der Waals surface area contributed by atoms with Crippen LogP contribution in [0.4, 0.5) is 0 Å². The normalized spacial score (nSPS) is 9.94. The van der Waals surface area contributed by atoms with E-state index in [4.69, 9.17) is 6.42 Å². The molecular weight excluding hydrogens is 230 g/mol. The van der Waals surface area contributed by atoms with Gasteiger partial charge in [0.1, 0.15) is 6.54 Å². The molecule has 1 amide bonds. The molecule has 1 aromatic carbocycles. The van der Waals surface area contributed by atoms with Gasteiger partial charge in [0.15, 0.2) is 0 Å². The van der Waals surface area contributed by atoms with E-state index in [0.29, 0.717) is 10.9 Å². The Balaban J connectivity index is 2.35. The number of nitrogens with zero attached hydrogens (tertiary/aromatic N) is 2. The third kappa shape index (κ3) is 2.38. The molecule has 0 aliphatic carbocycles. The Labute approximate surface area is 103 Å². The van der Waals surface area contributed by atoms with Crippen LogP contribution in [-0.4, -0.2) is 22.2 Å². The Morgan fingerprint density at radius 1 is 1.44 bits per heavy atom. The van der Waals surface area contributed by atoms with Gasteiger partial charge in [-0.15, -0.1) is 6.42 Å². The lowest BCUT2D eigenvalue weighted by Gasteiger charge is -2.08. The van der Waals surface area contributed by atoms with Crippen molar-refractivity contribution in [1.82, 2.24) is 15.1 Å². The molecule has 0 aliphatic heterocycles. The molecule has 0 unspecified atom stereocenters. The maximum Gasteiger partial charge on any atom is 0.242 e. The van der Waals surface area contributed by atoms with E-state index in [9.17, 15) is 9.59 Å². The van der Waals surface area contributed by atoms with Gasteiger partial charge in [-0.05, 0) is 12.1 Å². The van der Waals surface area contributed by atoms with E-state index in [2.05, 4.69) is 16.3 Å². The van der Waals surface area contributed by atoms with Gasteiger partial charge in [-0.2, -0.15) is 5.10 Å². The topological polar surface area (TPSA) is 64.0 Å². The molecule has 18 heavy (non-hydrogen) atoms. The second-order valence-corrected chi connectivity index (χ2v) is 3.66. The fourth-order valence-electron chi connectivity index (χ4n) is 1.63. The zero-order chi connectivity index (χ0) is 13.0. The van der Waals surface area contributed by atoms with E-state index < -0.39 is 0 Å². The van der Waals surface area contributed by atoms with Gasteiger partial charge in [0.25, 0.3) is 0 Å². The molecule has 0 atom stereocenters. The molecule has 5 nitrogen and oxygen atoms in total. The van der Waals surface area contributed by atoms with Crippen molar-refractivity contribution in [3.63, 3.8) is 0 Å². The van der Waals surface area contributed by atoms with E-state index in [-0.39, 0.29) is 24.4 Å². The highest BCUT2D eigenvalue weighted by Gasteiger charge is 2.06. The van der Waals surface area contributed by atoms with Crippen molar-refractivity contribution in [3.05, 3.63) is 40.7 Å². The number of hydrogen-bond acceptors (Lipinski definition) is 3. The van der Waals surface area contributed by atoms with Crippen molar-refractivity contribution < 1.29 is 4.79 Å². The highest BCUT2D eigenvalue weighted by molar-refractivity contribution is 5.81. The number of hydrogen-bond donors (Lipinski definition) is 1. The van der Waals surface area contributed by atoms with Crippen molar-refractivity contribution in [2.24, 2.45) is 0 Å². The summed E-state index contributed by atoms with van der Waals surface area (Å²) < 4.78 is 1.47. The lowest BCUT2D eigenvalue weighted by atomic mass is 10.2. The highest BCUT2D eigenvalue weighted by Crippen LogP contribution is 2.07. The van der Waals surface area contributed by atoms with Crippen LogP contribution in [0.15, 0.2) is 35.3 Å². The number of para-hydroxylation sites is 1. The van der Waals surface area contributed by atoms with Crippen LogP contribution in [0.2, 0.25) is 0 Å². The molecule has 0 saturated carbocycles. The van der Waals surface area contributed by atoms with Gasteiger partial charge in [-0.1, -0.05) is 18.1 Å². The molecule has 1 N–H and O–H groups in total. The first-order valence-electron chi connectivity index (χ1n) is 5.37. The van der Waals surface area contributed by atoms with Gasteiger partial charge >= 0.3 is 0 Å². The summed E-state index contributed by atoms with van der Waals surface area (Å²) in [5, 5.41) is 7.03. The molecule has 1 heterocycles. The molecule has 1 aromatic heterocycles. The van der Waals surface area contributed by atoms with E-state index in [1.165, 1.54) is 10.9 Å². The molecule has 90 valence electrons. The molecule has 5 heteroatoms. The number of benzene rings is 1. The summed E-state index contributed by atoms with van der Waals surface area (Å²) in [5.41, 5.74) is 0.465. The number of aromatic nitrogens is 2. The fraction of sp³-hybridized carbons (Fsp3) is 0.154. The van der Waals surface area contributed by atoms with Gasteiger partial charge in [0.05, 0.1) is 18.3 Å². The second kappa shape index (κ2) is 5.15. The van der Waals surface area contributed by atoms with Crippen LogP contribution in [-0.2, 0) is 11.3 Å². The van der Waals surface area contributed by atoms with Gasteiger partial charge < -0.3 is 5.32 Å². The monoisotopic (exact) mass is 241 g/mol. The minimum Gasteiger partial charge on any atom is -0.344 e. The Hall–Kier alpha value is -2.61. The summed E-state index contributed by atoms with van der Waals surface area (Å²) in [6.45, 7) is 0.208. The van der Waals surface area contributed by atoms with Gasteiger partial charge in [-0.25, -0.2) is 0 Å². The smallest absolute Gasteiger partial charge is 0.242 e. The molecule has 0 aliphatic rings. The SMILES string of the molecule is C#CCNC(=O)Cn1ncc(=O)c2ccccc21. The first-order valence-corrected chi connectivity index (χ1v) is 5.37. The zero-order valence-electron chi connectivity index (χ0n) is 9.59. The average Bonchev–Trinajstić information content (AvgIpc) is 2.40. The summed E-state index contributed by atoms with van der Waals surface area (Å²) in [4.78, 5) is 23.1. The van der Waals surface area contributed by atoms with Gasteiger partial charge in [0.2, 0.25) is 11.3 Å². The van der Waals surface area contributed by atoms with E-state index >= 15 is 0 Å². The molecule has 2 rings (SSSR count). The third-order valence-electron chi connectivity index (χ3n) is 2.44. The van der Waals surface area contributed by atoms with Crippen LogP contribution in [0.5, 0.6) is 0 Å². The Morgan fingerprint density at radius 2 is 2.22 bits per heavy atom. The van der Waals surface area contributed by atoms with Crippen molar-refractivity contribution in [3.8, 4) is 12.3 Å². The molecular formula is C13H11N3O2. The van der Waals surface area contributed by atoms with Gasteiger partial charge in [0, 0.05) is 5.39 Å². The van der Waals surface area contributed by atoms with Gasteiger partial charge in [-0.3, -0.25) is 14.3 Å². The lowest BCUT2D eigenvalue weighted by molar-refractivity contribution is -0.121. The average molecular weight is 241 g/mol. The van der Waals surface area contributed by atoms with E-state index in [1.54, 1.807) is 24.3 Å². The predicted octanol–water partition coefficient (Wildman–Crippen LogP) is 0.146. The standard InChI is InChI=1S/C13H11N3O2/c1-2-7-14-13(18)9-16-11-6-4-3-5-10(11)12(17)8-15-16/h1,3-6,8H,7,9H2,(H,14,18). The van der Waals surface area contributed by atoms with Crippen molar-refractivity contribution in [2.45, 2.75) is 6.54 Å². The van der Waals surface area contributed by atoms with Crippen LogP contribution in [0.3, 0.4) is 0 Å². The largest absolute Gasteiger partial charge is 0.344 e. The maximum absolute atomic E-state index is 11.6. The summed E-state index contributed by atoms with van der Waals surface area (Å²) in [5.74, 6) is 2.08. The number of amides is 1. The predicted molar refractivity (Wildman–Crippen MR) is 67.8 cm³/mol. The van der Waals surface area contributed by atoms with E-state index in [1.807, 2.05) is 0 Å². The molecule has 0 radical (unpaired) electrons.